The number of rotatable bonds is 10. The largest absolute Gasteiger partial charge is 0.493 e. The molecule has 0 aliphatic heterocycles. The highest BCUT2D eigenvalue weighted by atomic mass is 35.5. The molecule has 2 N–H and O–H groups in total. The van der Waals surface area contributed by atoms with Gasteiger partial charge in [0, 0.05) is 23.2 Å². The molecule has 0 radical (unpaired) electrons. The Labute approximate surface area is 142 Å². The van der Waals surface area contributed by atoms with Crippen molar-refractivity contribution in [2.45, 2.75) is 46.2 Å². The van der Waals surface area contributed by atoms with Crippen molar-refractivity contribution in [2.24, 2.45) is 5.92 Å². The molecule has 5 nitrogen and oxygen atoms in total. The van der Waals surface area contributed by atoms with Crippen LogP contribution in [0.2, 0.25) is 5.02 Å². The van der Waals surface area contributed by atoms with E-state index in [9.17, 15) is 9.90 Å². The average molecular weight is 344 g/mol. The summed E-state index contributed by atoms with van der Waals surface area (Å²) in [6.07, 6.45) is 1.42. The van der Waals surface area contributed by atoms with Crippen molar-refractivity contribution in [3.05, 3.63) is 22.7 Å². The van der Waals surface area contributed by atoms with E-state index >= 15 is 0 Å². The summed E-state index contributed by atoms with van der Waals surface area (Å²) in [6, 6.07) is 2.86. The topological polar surface area (TPSA) is 67.8 Å². The molecule has 0 bridgehead atoms. The van der Waals surface area contributed by atoms with Crippen LogP contribution in [0.4, 0.5) is 0 Å². The summed E-state index contributed by atoms with van der Waals surface area (Å²) in [4.78, 5) is 11.4. The summed E-state index contributed by atoms with van der Waals surface area (Å²) in [5.74, 6) is 0.593. The lowest BCUT2D eigenvalue weighted by Gasteiger charge is -2.19. The third-order valence-electron chi connectivity index (χ3n) is 3.31. The quantitative estimate of drug-likeness (QED) is 0.677. The van der Waals surface area contributed by atoms with Crippen molar-refractivity contribution >= 4 is 17.6 Å². The zero-order valence-corrected chi connectivity index (χ0v) is 14.9. The van der Waals surface area contributed by atoms with E-state index in [-0.39, 0.29) is 5.92 Å². The van der Waals surface area contributed by atoms with Gasteiger partial charge in [-0.2, -0.15) is 0 Å². The first-order valence-corrected chi connectivity index (χ1v) is 8.22. The summed E-state index contributed by atoms with van der Waals surface area (Å²) in [5, 5.41) is 12.9. The highest BCUT2D eigenvalue weighted by Gasteiger charge is 2.20. The maximum Gasteiger partial charge on any atom is 0.320 e. The molecule has 1 aromatic rings. The second-order valence-corrected chi connectivity index (χ2v) is 6.28. The summed E-state index contributed by atoms with van der Waals surface area (Å²) in [6.45, 7) is 6.91. The summed E-state index contributed by atoms with van der Waals surface area (Å²) in [7, 11) is 1.56. The number of nitrogens with one attached hydrogen (secondary N) is 1. The Morgan fingerprint density at radius 3 is 2.61 bits per heavy atom. The maximum absolute atomic E-state index is 11.4. The Kier molecular flexibility index (Phi) is 8.20. The van der Waals surface area contributed by atoms with E-state index in [1.54, 1.807) is 19.2 Å². The van der Waals surface area contributed by atoms with Crippen LogP contribution in [0.25, 0.3) is 0 Å². The number of carboxylic acid groups (broad SMARTS) is 1. The van der Waals surface area contributed by atoms with E-state index in [4.69, 9.17) is 21.1 Å². The molecule has 0 aliphatic carbocycles. The van der Waals surface area contributed by atoms with Crippen LogP contribution < -0.4 is 14.8 Å². The number of benzene rings is 1. The van der Waals surface area contributed by atoms with Crippen LogP contribution in [0, 0.1) is 5.92 Å². The van der Waals surface area contributed by atoms with E-state index in [1.165, 1.54) is 0 Å². The predicted molar refractivity (Wildman–Crippen MR) is 91.5 cm³/mol. The number of hydrogen-bond donors (Lipinski definition) is 2. The second-order valence-electron chi connectivity index (χ2n) is 5.85. The van der Waals surface area contributed by atoms with Gasteiger partial charge in [-0.05, 0) is 24.8 Å². The fraction of sp³-hybridized carbons (Fsp3) is 0.588. The van der Waals surface area contributed by atoms with E-state index in [0.717, 1.165) is 12.0 Å². The molecule has 6 heteroatoms. The molecule has 0 saturated carbocycles. The molecule has 0 aromatic heterocycles. The van der Waals surface area contributed by atoms with Crippen LogP contribution in [0.1, 0.15) is 39.2 Å². The van der Waals surface area contributed by atoms with E-state index < -0.39 is 12.0 Å². The SMILES string of the molecule is CCCOc1c(CNC(CC(C)C)C(=O)O)cc(Cl)cc1OC. The monoisotopic (exact) mass is 343 g/mol. The number of methoxy groups -OCH3 is 1. The minimum Gasteiger partial charge on any atom is -0.493 e. The van der Waals surface area contributed by atoms with Crippen molar-refractivity contribution < 1.29 is 19.4 Å². The van der Waals surface area contributed by atoms with E-state index in [0.29, 0.717) is 36.1 Å². The molecule has 0 amide bonds. The zero-order chi connectivity index (χ0) is 17.4. The highest BCUT2D eigenvalue weighted by Crippen LogP contribution is 2.35. The number of hydrogen-bond acceptors (Lipinski definition) is 4. The molecular weight excluding hydrogens is 318 g/mol. The standard InChI is InChI=1S/C17H26ClNO4/c1-5-6-23-16-12(8-13(18)9-15(16)22-4)10-19-14(17(20)21)7-11(2)3/h8-9,11,14,19H,5-7,10H2,1-4H3,(H,20,21). The lowest BCUT2D eigenvalue weighted by atomic mass is 10.0. The Bertz CT molecular complexity index is 520. The average Bonchev–Trinajstić information content (AvgIpc) is 2.49. The Hall–Kier alpha value is -1.46. The first-order chi connectivity index (χ1) is 10.9. The Morgan fingerprint density at radius 1 is 1.39 bits per heavy atom. The lowest BCUT2D eigenvalue weighted by Crippen LogP contribution is -2.37. The van der Waals surface area contributed by atoms with Gasteiger partial charge in [0.1, 0.15) is 6.04 Å². The highest BCUT2D eigenvalue weighted by molar-refractivity contribution is 6.30. The van der Waals surface area contributed by atoms with Crippen molar-refractivity contribution in [1.82, 2.24) is 5.32 Å². The fourth-order valence-electron chi connectivity index (χ4n) is 2.25. The summed E-state index contributed by atoms with van der Waals surface area (Å²) >= 11 is 6.12. The van der Waals surface area contributed by atoms with Gasteiger partial charge >= 0.3 is 5.97 Å². The molecule has 23 heavy (non-hydrogen) atoms. The Balaban J connectivity index is 2.96. The minimum absolute atomic E-state index is 0.285. The van der Waals surface area contributed by atoms with Gasteiger partial charge in [-0.3, -0.25) is 4.79 Å². The molecule has 1 rings (SSSR count). The van der Waals surface area contributed by atoms with Gasteiger partial charge in [0.2, 0.25) is 0 Å². The van der Waals surface area contributed by atoms with Gasteiger partial charge in [0.05, 0.1) is 13.7 Å². The molecular formula is C17H26ClNO4. The van der Waals surface area contributed by atoms with Crippen molar-refractivity contribution in [3.8, 4) is 11.5 Å². The molecule has 1 aromatic carbocycles. The van der Waals surface area contributed by atoms with Gasteiger partial charge < -0.3 is 19.9 Å². The van der Waals surface area contributed by atoms with Crippen molar-refractivity contribution in [2.75, 3.05) is 13.7 Å². The molecule has 1 atom stereocenters. The normalized spacial score (nSPS) is 12.3. The third kappa shape index (κ3) is 6.28. The van der Waals surface area contributed by atoms with Crippen molar-refractivity contribution in [3.63, 3.8) is 0 Å². The van der Waals surface area contributed by atoms with E-state index in [2.05, 4.69) is 5.32 Å². The Morgan fingerprint density at radius 2 is 2.09 bits per heavy atom. The van der Waals surface area contributed by atoms with Gasteiger partial charge in [0.25, 0.3) is 0 Å². The van der Waals surface area contributed by atoms with Crippen LogP contribution >= 0.6 is 11.6 Å². The number of aliphatic carboxylic acids is 1. The third-order valence-corrected chi connectivity index (χ3v) is 3.53. The number of carboxylic acids is 1. The van der Waals surface area contributed by atoms with Crippen molar-refractivity contribution in [1.29, 1.82) is 0 Å². The predicted octanol–water partition coefficient (Wildman–Crippen LogP) is 3.73. The van der Waals surface area contributed by atoms with Crippen LogP contribution in [0.3, 0.4) is 0 Å². The smallest absolute Gasteiger partial charge is 0.320 e. The molecule has 0 aliphatic rings. The lowest BCUT2D eigenvalue weighted by molar-refractivity contribution is -0.140. The number of carbonyl (C=O) groups is 1. The first-order valence-electron chi connectivity index (χ1n) is 7.84. The van der Waals surface area contributed by atoms with Crippen LogP contribution in [0.5, 0.6) is 11.5 Å². The van der Waals surface area contributed by atoms with Gasteiger partial charge in [-0.15, -0.1) is 0 Å². The first kappa shape index (κ1) is 19.6. The summed E-state index contributed by atoms with van der Waals surface area (Å²) < 4.78 is 11.1. The molecule has 0 spiro atoms. The molecule has 0 saturated heterocycles. The van der Waals surface area contributed by atoms with Gasteiger partial charge in [-0.1, -0.05) is 32.4 Å². The van der Waals surface area contributed by atoms with E-state index in [1.807, 2.05) is 20.8 Å². The van der Waals surface area contributed by atoms with Crippen LogP contribution in [-0.2, 0) is 11.3 Å². The number of ether oxygens (including phenoxy) is 2. The van der Waals surface area contributed by atoms with Crippen LogP contribution in [-0.4, -0.2) is 30.8 Å². The second kappa shape index (κ2) is 9.63. The van der Waals surface area contributed by atoms with Gasteiger partial charge in [0.15, 0.2) is 11.5 Å². The zero-order valence-electron chi connectivity index (χ0n) is 14.2. The van der Waals surface area contributed by atoms with Crippen LogP contribution in [0.15, 0.2) is 12.1 Å². The number of halogens is 1. The van der Waals surface area contributed by atoms with Gasteiger partial charge in [-0.25, -0.2) is 0 Å². The molecule has 0 heterocycles. The minimum atomic E-state index is -0.858. The molecule has 130 valence electrons. The fourth-order valence-corrected chi connectivity index (χ4v) is 2.48. The molecule has 0 fully saturated rings. The molecule has 1 unspecified atom stereocenters. The maximum atomic E-state index is 11.4. The summed E-state index contributed by atoms with van der Waals surface area (Å²) in [5.41, 5.74) is 0.790.